The zero-order valence-electron chi connectivity index (χ0n) is 16.9. The lowest BCUT2D eigenvalue weighted by atomic mass is 9.97. The lowest BCUT2D eigenvalue weighted by molar-refractivity contribution is -0.115. The lowest BCUT2D eigenvalue weighted by Crippen LogP contribution is -2.43. The minimum atomic E-state index is -0.287. The van der Waals surface area contributed by atoms with Crippen molar-refractivity contribution in [2.24, 2.45) is 5.92 Å². The number of nitrogens with zero attached hydrogens (tertiary/aromatic N) is 1. The highest BCUT2D eigenvalue weighted by Crippen LogP contribution is 2.20. The molecule has 156 valence electrons. The molecule has 1 aliphatic rings. The van der Waals surface area contributed by atoms with Gasteiger partial charge in [-0.25, -0.2) is 4.79 Å². The number of benzene rings is 1. The molecular weight excluding hydrogens is 384 g/mol. The molecule has 1 fully saturated rings. The minimum absolute atomic E-state index is 0.0386. The number of carbonyl (C=O) groups excluding carboxylic acids is 2. The molecule has 7 heteroatoms. The van der Waals surface area contributed by atoms with E-state index in [1.165, 1.54) is 4.88 Å². The highest BCUT2D eigenvalue weighted by atomic mass is 32.1. The Hall–Kier alpha value is -2.38. The number of hydrogen-bond acceptors (Lipinski definition) is 4. The number of para-hydroxylation sites is 1. The van der Waals surface area contributed by atoms with Crippen LogP contribution in [0.4, 0.5) is 10.5 Å². The van der Waals surface area contributed by atoms with Crippen LogP contribution in [0.5, 0.6) is 0 Å². The van der Waals surface area contributed by atoms with E-state index in [2.05, 4.69) is 38.4 Å². The molecule has 3 amide bonds. The van der Waals surface area contributed by atoms with Crippen molar-refractivity contribution >= 4 is 29.0 Å². The van der Waals surface area contributed by atoms with Gasteiger partial charge in [0.05, 0.1) is 6.54 Å². The molecule has 1 aromatic heterocycles. The number of nitrogens with one attached hydrogen (secondary N) is 3. The van der Waals surface area contributed by atoms with Crippen LogP contribution in [0.3, 0.4) is 0 Å². The summed E-state index contributed by atoms with van der Waals surface area (Å²) >= 11 is 1.80. The summed E-state index contributed by atoms with van der Waals surface area (Å²) in [5, 5.41) is 10.5. The molecule has 1 aromatic carbocycles. The van der Waals surface area contributed by atoms with Gasteiger partial charge in [-0.3, -0.25) is 9.69 Å². The van der Waals surface area contributed by atoms with Gasteiger partial charge in [-0.05, 0) is 61.3 Å². The van der Waals surface area contributed by atoms with E-state index >= 15 is 0 Å². The summed E-state index contributed by atoms with van der Waals surface area (Å²) in [5.74, 6) is 0.272. The van der Waals surface area contributed by atoms with E-state index in [1.54, 1.807) is 11.3 Å². The molecule has 0 atom stereocenters. The number of thiophene rings is 1. The molecule has 0 saturated carbocycles. The molecule has 0 unspecified atom stereocenters. The van der Waals surface area contributed by atoms with Gasteiger partial charge in [-0.1, -0.05) is 31.2 Å². The zero-order valence-corrected chi connectivity index (χ0v) is 17.8. The molecule has 0 spiro atoms. The maximum Gasteiger partial charge on any atom is 0.315 e. The number of aryl methyl sites for hydroxylation is 1. The Labute approximate surface area is 176 Å². The van der Waals surface area contributed by atoms with Gasteiger partial charge in [0.2, 0.25) is 5.91 Å². The first-order valence-corrected chi connectivity index (χ1v) is 11.2. The average molecular weight is 415 g/mol. The Morgan fingerprint density at radius 1 is 1.10 bits per heavy atom. The van der Waals surface area contributed by atoms with Crippen LogP contribution in [-0.4, -0.2) is 43.0 Å². The first-order chi connectivity index (χ1) is 14.1. The summed E-state index contributed by atoms with van der Waals surface area (Å²) in [6.45, 7) is 5.80. The van der Waals surface area contributed by atoms with E-state index in [0.717, 1.165) is 50.1 Å². The normalized spacial score (nSPS) is 15.1. The van der Waals surface area contributed by atoms with Crippen molar-refractivity contribution < 1.29 is 9.59 Å². The number of likely N-dealkylation sites (tertiary alicyclic amines) is 1. The highest BCUT2D eigenvalue weighted by Gasteiger charge is 2.20. The second kappa shape index (κ2) is 11.0. The third-order valence-electron chi connectivity index (χ3n) is 5.30. The quantitative estimate of drug-likeness (QED) is 0.619. The maximum atomic E-state index is 12.1. The molecular formula is C22H30N4O2S. The summed E-state index contributed by atoms with van der Waals surface area (Å²) in [6, 6.07) is 11.7. The molecule has 0 bridgehead atoms. The van der Waals surface area contributed by atoms with E-state index < -0.39 is 0 Å². The molecule has 29 heavy (non-hydrogen) atoms. The highest BCUT2D eigenvalue weighted by molar-refractivity contribution is 7.09. The van der Waals surface area contributed by atoms with Gasteiger partial charge >= 0.3 is 6.03 Å². The Bertz CT molecular complexity index is 786. The van der Waals surface area contributed by atoms with Crippen LogP contribution in [-0.2, 0) is 17.8 Å². The fraction of sp³-hybridized carbons (Fsp3) is 0.455. The molecule has 3 rings (SSSR count). The van der Waals surface area contributed by atoms with Crippen LogP contribution >= 0.6 is 11.3 Å². The third kappa shape index (κ3) is 6.87. The Morgan fingerprint density at radius 2 is 1.90 bits per heavy atom. The molecule has 0 radical (unpaired) electrons. The van der Waals surface area contributed by atoms with Gasteiger partial charge in [0.1, 0.15) is 0 Å². The number of carbonyl (C=O) groups is 2. The molecule has 3 N–H and O–H groups in total. The van der Waals surface area contributed by atoms with E-state index in [1.807, 2.05) is 31.2 Å². The summed E-state index contributed by atoms with van der Waals surface area (Å²) in [5.41, 5.74) is 1.88. The largest absolute Gasteiger partial charge is 0.338 e. The van der Waals surface area contributed by atoms with Crippen LogP contribution in [0.1, 0.15) is 30.2 Å². The zero-order chi connectivity index (χ0) is 20.5. The predicted molar refractivity (Wildman–Crippen MR) is 118 cm³/mol. The summed E-state index contributed by atoms with van der Waals surface area (Å²) in [4.78, 5) is 28.0. The number of urea groups is 1. The number of anilines is 1. The van der Waals surface area contributed by atoms with Gasteiger partial charge in [0.25, 0.3) is 0 Å². The minimum Gasteiger partial charge on any atom is -0.338 e. The number of amides is 3. The van der Waals surface area contributed by atoms with Crippen LogP contribution in [0.25, 0.3) is 0 Å². The molecule has 1 saturated heterocycles. The fourth-order valence-corrected chi connectivity index (χ4v) is 4.32. The number of hydrogen-bond donors (Lipinski definition) is 3. The predicted octanol–water partition coefficient (Wildman–Crippen LogP) is 3.46. The van der Waals surface area contributed by atoms with E-state index in [9.17, 15) is 9.59 Å². The third-order valence-corrected chi connectivity index (χ3v) is 6.16. The van der Waals surface area contributed by atoms with Crippen LogP contribution < -0.4 is 16.0 Å². The second-order valence-electron chi connectivity index (χ2n) is 7.42. The second-order valence-corrected chi connectivity index (χ2v) is 8.45. The van der Waals surface area contributed by atoms with Gasteiger partial charge in [0.15, 0.2) is 0 Å². The van der Waals surface area contributed by atoms with E-state index in [4.69, 9.17) is 0 Å². The van der Waals surface area contributed by atoms with Gasteiger partial charge in [0, 0.05) is 23.7 Å². The fourth-order valence-electron chi connectivity index (χ4n) is 3.58. The Morgan fingerprint density at radius 3 is 2.62 bits per heavy atom. The SMILES string of the molecule is CCc1ccccc1NC(=O)CNC(=O)NCC1CCN(Cc2cccs2)CC1. The van der Waals surface area contributed by atoms with Crippen LogP contribution in [0.2, 0.25) is 0 Å². The van der Waals surface area contributed by atoms with Crippen molar-refractivity contribution in [3.63, 3.8) is 0 Å². The van der Waals surface area contributed by atoms with E-state index in [0.29, 0.717) is 12.5 Å². The van der Waals surface area contributed by atoms with Crippen molar-refractivity contribution in [2.75, 3.05) is 31.5 Å². The molecule has 6 nitrogen and oxygen atoms in total. The maximum absolute atomic E-state index is 12.1. The van der Waals surface area contributed by atoms with Crippen molar-refractivity contribution in [1.82, 2.24) is 15.5 Å². The average Bonchev–Trinajstić information content (AvgIpc) is 3.25. The summed E-state index contributed by atoms with van der Waals surface area (Å²) in [7, 11) is 0. The van der Waals surface area contributed by atoms with Crippen LogP contribution in [0, 0.1) is 5.92 Å². The number of rotatable bonds is 8. The van der Waals surface area contributed by atoms with Crippen molar-refractivity contribution in [2.45, 2.75) is 32.7 Å². The molecule has 2 aromatic rings. The molecule has 0 aliphatic carbocycles. The van der Waals surface area contributed by atoms with Gasteiger partial charge in [-0.15, -0.1) is 11.3 Å². The first-order valence-electron chi connectivity index (χ1n) is 10.3. The smallest absolute Gasteiger partial charge is 0.315 e. The first kappa shape index (κ1) is 21.3. The lowest BCUT2D eigenvalue weighted by Gasteiger charge is -2.31. The van der Waals surface area contributed by atoms with E-state index in [-0.39, 0.29) is 18.5 Å². The monoisotopic (exact) mass is 414 g/mol. The van der Waals surface area contributed by atoms with Gasteiger partial charge in [-0.2, -0.15) is 0 Å². The standard InChI is InChI=1S/C22H30N4O2S/c1-2-18-6-3-4-8-20(18)25-21(27)15-24-22(28)23-14-17-9-11-26(12-10-17)16-19-7-5-13-29-19/h3-8,13,17H,2,9-12,14-16H2,1H3,(H,25,27)(H2,23,24,28). The Kier molecular flexibility index (Phi) is 8.07. The molecule has 1 aliphatic heterocycles. The topological polar surface area (TPSA) is 73.5 Å². The van der Waals surface area contributed by atoms with Crippen molar-refractivity contribution in [1.29, 1.82) is 0 Å². The Balaban J connectivity index is 1.30. The van der Waals surface area contributed by atoms with Crippen molar-refractivity contribution in [3.8, 4) is 0 Å². The van der Waals surface area contributed by atoms with Crippen LogP contribution in [0.15, 0.2) is 41.8 Å². The molecule has 2 heterocycles. The summed E-state index contributed by atoms with van der Waals surface area (Å²) < 4.78 is 0. The van der Waals surface area contributed by atoms with Gasteiger partial charge < -0.3 is 16.0 Å². The summed E-state index contributed by atoms with van der Waals surface area (Å²) in [6.07, 6.45) is 3.01. The number of piperidine rings is 1. The van der Waals surface area contributed by atoms with Crippen molar-refractivity contribution in [3.05, 3.63) is 52.2 Å².